The zero-order chi connectivity index (χ0) is 12.8. The molecule has 4 heteroatoms. The molecule has 96 valence electrons. The third kappa shape index (κ3) is 3.34. The van der Waals surface area contributed by atoms with E-state index in [0.717, 1.165) is 30.8 Å². The molecule has 0 atom stereocenters. The van der Waals surface area contributed by atoms with Gasteiger partial charge < -0.3 is 15.0 Å². The second-order valence-corrected chi connectivity index (χ2v) is 4.24. The summed E-state index contributed by atoms with van der Waals surface area (Å²) in [6.07, 6.45) is 5.74. The fraction of sp³-hybridized carbons (Fsp3) is 0.357. The number of methoxy groups -OCH3 is 1. The second kappa shape index (κ2) is 6.21. The van der Waals surface area contributed by atoms with Gasteiger partial charge in [-0.2, -0.15) is 0 Å². The summed E-state index contributed by atoms with van der Waals surface area (Å²) in [5.41, 5.74) is 7.83. The van der Waals surface area contributed by atoms with Gasteiger partial charge >= 0.3 is 0 Å². The van der Waals surface area contributed by atoms with Crippen LogP contribution in [-0.2, 0) is 19.4 Å². The minimum Gasteiger partial charge on any atom is -0.497 e. The maximum Gasteiger partial charge on any atom is 0.119 e. The zero-order valence-corrected chi connectivity index (χ0v) is 10.7. The maximum atomic E-state index is 5.50. The predicted octanol–water partition coefficient (Wildman–Crippen LogP) is 1.64. The Labute approximate surface area is 107 Å². The Balaban J connectivity index is 1.93. The Morgan fingerprint density at radius 3 is 3.00 bits per heavy atom. The van der Waals surface area contributed by atoms with Crippen molar-refractivity contribution in [2.75, 3.05) is 13.7 Å². The van der Waals surface area contributed by atoms with Crippen LogP contribution >= 0.6 is 0 Å². The summed E-state index contributed by atoms with van der Waals surface area (Å²) in [6, 6.07) is 8.15. The number of hydrogen-bond acceptors (Lipinski definition) is 3. The molecule has 0 fully saturated rings. The van der Waals surface area contributed by atoms with Crippen molar-refractivity contribution in [2.24, 2.45) is 5.73 Å². The molecule has 0 spiro atoms. The average molecular weight is 245 g/mol. The van der Waals surface area contributed by atoms with E-state index in [-0.39, 0.29) is 0 Å². The first-order chi connectivity index (χ1) is 8.81. The van der Waals surface area contributed by atoms with Crippen LogP contribution in [-0.4, -0.2) is 23.2 Å². The molecule has 0 unspecified atom stereocenters. The monoisotopic (exact) mass is 245 g/mol. The molecule has 1 heterocycles. The summed E-state index contributed by atoms with van der Waals surface area (Å²) >= 11 is 0. The molecular formula is C14H19N3O. The van der Waals surface area contributed by atoms with Crippen molar-refractivity contribution >= 4 is 0 Å². The Bertz CT molecular complexity index is 493. The maximum absolute atomic E-state index is 5.50. The fourth-order valence-electron chi connectivity index (χ4n) is 1.89. The lowest BCUT2D eigenvalue weighted by molar-refractivity contribution is 0.414. The van der Waals surface area contributed by atoms with Gasteiger partial charge in [-0.1, -0.05) is 12.1 Å². The van der Waals surface area contributed by atoms with Gasteiger partial charge in [0.05, 0.1) is 19.1 Å². The minimum atomic E-state index is 0.646. The van der Waals surface area contributed by atoms with E-state index in [4.69, 9.17) is 10.5 Å². The number of nitrogens with zero attached hydrogens (tertiary/aromatic N) is 2. The Kier molecular flexibility index (Phi) is 4.36. The summed E-state index contributed by atoms with van der Waals surface area (Å²) in [6.45, 7) is 1.57. The van der Waals surface area contributed by atoms with E-state index in [9.17, 15) is 0 Å². The predicted molar refractivity (Wildman–Crippen MR) is 71.7 cm³/mol. The number of aromatic nitrogens is 2. The van der Waals surface area contributed by atoms with Gasteiger partial charge in [-0.3, -0.25) is 0 Å². The SMILES string of the molecule is COc1cccc(CCn2cnc(CCN)c2)c1. The highest BCUT2D eigenvalue weighted by molar-refractivity contribution is 5.28. The van der Waals surface area contributed by atoms with Gasteiger partial charge in [0.15, 0.2) is 0 Å². The third-order valence-corrected chi connectivity index (χ3v) is 2.88. The van der Waals surface area contributed by atoms with Gasteiger partial charge in [0.25, 0.3) is 0 Å². The van der Waals surface area contributed by atoms with E-state index in [1.165, 1.54) is 5.56 Å². The summed E-state index contributed by atoms with van der Waals surface area (Å²) in [5.74, 6) is 0.905. The number of hydrogen-bond donors (Lipinski definition) is 1. The molecule has 0 aliphatic carbocycles. The molecule has 4 nitrogen and oxygen atoms in total. The summed E-state index contributed by atoms with van der Waals surface area (Å²) in [4.78, 5) is 4.31. The highest BCUT2D eigenvalue weighted by Gasteiger charge is 2.00. The van der Waals surface area contributed by atoms with Gasteiger partial charge in [0, 0.05) is 19.2 Å². The number of aryl methyl sites for hydroxylation is 2. The average Bonchev–Trinajstić information content (AvgIpc) is 2.85. The molecule has 0 saturated heterocycles. The molecule has 0 aliphatic rings. The first-order valence-electron chi connectivity index (χ1n) is 6.15. The van der Waals surface area contributed by atoms with Crippen molar-refractivity contribution in [3.63, 3.8) is 0 Å². The number of benzene rings is 1. The molecule has 0 amide bonds. The van der Waals surface area contributed by atoms with Crippen molar-refractivity contribution in [1.29, 1.82) is 0 Å². The number of imidazole rings is 1. The van der Waals surface area contributed by atoms with Crippen LogP contribution < -0.4 is 10.5 Å². The molecule has 2 N–H and O–H groups in total. The smallest absolute Gasteiger partial charge is 0.119 e. The molecule has 1 aromatic heterocycles. The van der Waals surface area contributed by atoms with Gasteiger partial charge in [0.1, 0.15) is 5.75 Å². The lowest BCUT2D eigenvalue weighted by Crippen LogP contribution is -2.03. The lowest BCUT2D eigenvalue weighted by atomic mass is 10.1. The van der Waals surface area contributed by atoms with E-state index < -0.39 is 0 Å². The van der Waals surface area contributed by atoms with Crippen LogP contribution in [0.5, 0.6) is 5.75 Å². The first-order valence-corrected chi connectivity index (χ1v) is 6.15. The molecule has 2 rings (SSSR count). The van der Waals surface area contributed by atoms with E-state index in [1.807, 2.05) is 18.5 Å². The quantitative estimate of drug-likeness (QED) is 0.841. The fourth-order valence-corrected chi connectivity index (χ4v) is 1.89. The molecule has 1 aromatic carbocycles. The standard InChI is InChI=1S/C14H19N3O/c1-18-14-4-2-3-12(9-14)6-8-17-10-13(5-7-15)16-11-17/h2-4,9-11H,5-8,15H2,1H3. The Morgan fingerprint density at radius 1 is 1.33 bits per heavy atom. The normalized spacial score (nSPS) is 10.6. The van der Waals surface area contributed by atoms with Gasteiger partial charge in [0.2, 0.25) is 0 Å². The molecule has 0 aliphatic heterocycles. The van der Waals surface area contributed by atoms with Crippen molar-refractivity contribution in [2.45, 2.75) is 19.4 Å². The summed E-state index contributed by atoms with van der Waals surface area (Å²) in [7, 11) is 1.69. The summed E-state index contributed by atoms with van der Waals surface area (Å²) < 4.78 is 7.31. The number of ether oxygens (including phenoxy) is 1. The molecular weight excluding hydrogens is 226 g/mol. The number of nitrogens with two attached hydrogens (primary N) is 1. The number of rotatable bonds is 6. The van der Waals surface area contributed by atoms with Gasteiger partial charge in [-0.15, -0.1) is 0 Å². The second-order valence-electron chi connectivity index (χ2n) is 4.24. The van der Waals surface area contributed by atoms with Crippen molar-refractivity contribution in [3.8, 4) is 5.75 Å². The first kappa shape index (κ1) is 12.6. The highest BCUT2D eigenvalue weighted by atomic mass is 16.5. The lowest BCUT2D eigenvalue weighted by Gasteiger charge is -2.05. The molecule has 18 heavy (non-hydrogen) atoms. The van der Waals surface area contributed by atoms with Crippen LogP contribution in [0.1, 0.15) is 11.3 Å². The van der Waals surface area contributed by atoms with Crippen molar-refractivity contribution in [3.05, 3.63) is 48.0 Å². The van der Waals surface area contributed by atoms with Crippen molar-refractivity contribution < 1.29 is 4.74 Å². The van der Waals surface area contributed by atoms with Crippen LogP contribution in [0.4, 0.5) is 0 Å². The minimum absolute atomic E-state index is 0.646. The molecule has 0 radical (unpaired) electrons. The van der Waals surface area contributed by atoms with Gasteiger partial charge in [-0.25, -0.2) is 4.98 Å². The Morgan fingerprint density at radius 2 is 2.22 bits per heavy atom. The van der Waals surface area contributed by atoms with Crippen LogP contribution in [0.25, 0.3) is 0 Å². The molecule has 2 aromatic rings. The van der Waals surface area contributed by atoms with E-state index in [1.54, 1.807) is 7.11 Å². The largest absolute Gasteiger partial charge is 0.497 e. The third-order valence-electron chi connectivity index (χ3n) is 2.88. The van der Waals surface area contributed by atoms with E-state index in [2.05, 4.69) is 27.9 Å². The molecule has 0 saturated carbocycles. The topological polar surface area (TPSA) is 53.1 Å². The van der Waals surface area contributed by atoms with Crippen LogP contribution in [0.2, 0.25) is 0 Å². The Hall–Kier alpha value is -1.81. The van der Waals surface area contributed by atoms with Gasteiger partial charge in [-0.05, 0) is 30.7 Å². The van der Waals surface area contributed by atoms with Crippen molar-refractivity contribution in [1.82, 2.24) is 9.55 Å². The van der Waals surface area contributed by atoms with E-state index in [0.29, 0.717) is 6.54 Å². The van der Waals surface area contributed by atoms with Crippen LogP contribution in [0.15, 0.2) is 36.8 Å². The summed E-state index contributed by atoms with van der Waals surface area (Å²) in [5, 5.41) is 0. The van der Waals surface area contributed by atoms with Crippen LogP contribution in [0, 0.1) is 0 Å². The van der Waals surface area contributed by atoms with Crippen LogP contribution in [0.3, 0.4) is 0 Å². The van der Waals surface area contributed by atoms with E-state index >= 15 is 0 Å². The zero-order valence-electron chi connectivity index (χ0n) is 10.7. The highest BCUT2D eigenvalue weighted by Crippen LogP contribution is 2.13. The molecule has 0 bridgehead atoms.